The lowest BCUT2D eigenvalue weighted by atomic mass is 9.94. The lowest BCUT2D eigenvalue weighted by Crippen LogP contribution is -2.23. The second-order valence-electron chi connectivity index (χ2n) is 5.31. The molecular formula is C15H18O4S. The standard InChI is InChI=1S/C15H18O4S/c1-18-15-9-13-11(7-8-14(13)19-15)10-20(16,17)12-5-3-2-4-6-12/h2-8,11,13-15H,9-10H2,1H3. The van der Waals surface area contributed by atoms with Gasteiger partial charge in [0, 0.05) is 19.4 Å². The molecule has 5 heteroatoms. The smallest absolute Gasteiger partial charge is 0.178 e. The molecule has 0 N–H and O–H groups in total. The molecular weight excluding hydrogens is 276 g/mol. The molecule has 4 unspecified atom stereocenters. The molecule has 1 aromatic rings. The van der Waals surface area contributed by atoms with Gasteiger partial charge in [-0.25, -0.2) is 8.42 Å². The Kier molecular flexibility index (Phi) is 3.67. The van der Waals surface area contributed by atoms with E-state index in [4.69, 9.17) is 9.47 Å². The highest BCUT2D eigenvalue weighted by atomic mass is 32.2. The number of ether oxygens (including phenoxy) is 2. The van der Waals surface area contributed by atoms with E-state index in [0.717, 1.165) is 6.42 Å². The van der Waals surface area contributed by atoms with Gasteiger partial charge in [0.2, 0.25) is 0 Å². The normalized spacial score (nSPS) is 32.5. The maximum Gasteiger partial charge on any atom is 0.178 e. The van der Waals surface area contributed by atoms with E-state index in [9.17, 15) is 8.42 Å². The number of methoxy groups -OCH3 is 1. The predicted octanol–water partition coefficient (Wildman–Crippen LogP) is 2.02. The zero-order valence-electron chi connectivity index (χ0n) is 11.3. The molecule has 1 saturated heterocycles. The molecule has 0 aromatic heterocycles. The minimum absolute atomic E-state index is 0.00377. The molecule has 108 valence electrons. The number of fused-ring (bicyclic) bond motifs is 1. The van der Waals surface area contributed by atoms with Gasteiger partial charge in [-0.3, -0.25) is 0 Å². The third-order valence-corrected chi connectivity index (χ3v) is 5.88. The van der Waals surface area contributed by atoms with E-state index in [1.165, 1.54) is 0 Å². The van der Waals surface area contributed by atoms with Crippen LogP contribution in [0.2, 0.25) is 0 Å². The number of rotatable bonds is 4. The number of hydrogen-bond donors (Lipinski definition) is 0. The quantitative estimate of drug-likeness (QED) is 0.797. The number of benzene rings is 1. The van der Waals surface area contributed by atoms with Crippen molar-refractivity contribution < 1.29 is 17.9 Å². The highest BCUT2D eigenvalue weighted by molar-refractivity contribution is 7.91. The molecule has 4 nitrogen and oxygen atoms in total. The number of sulfone groups is 1. The first-order valence-corrected chi connectivity index (χ1v) is 8.40. The van der Waals surface area contributed by atoms with Gasteiger partial charge in [0.05, 0.1) is 16.8 Å². The van der Waals surface area contributed by atoms with Crippen LogP contribution in [0.3, 0.4) is 0 Å². The van der Waals surface area contributed by atoms with E-state index in [1.54, 1.807) is 31.4 Å². The largest absolute Gasteiger partial charge is 0.356 e. The fourth-order valence-electron chi connectivity index (χ4n) is 3.00. The summed E-state index contributed by atoms with van der Waals surface area (Å²) in [4.78, 5) is 0.388. The van der Waals surface area contributed by atoms with Crippen LogP contribution in [-0.4, -0.2) is 33.7 Å². The summed E-state index contributed by atoms with van der Waals surface area (Å²) in [5, 5.41) is 0. The van der Waals surface area contributed by atoms with E-state index in [0.29, 0.717) is 4.90 Å². The van der Waals surface area contributed by atoms with Crippen molar-refractivity contribution in [2.24, 2.45) is 11.8 Å². The van der Waals surface area contributed by atoms with Crippen LogP contribution >= 0.6 is 0 Å². The topological polar surface area (TPSA) is 52.6 Å². The van der Waals surface area contributed by atoms with Gasteiger partial charge in [0.1, 0.15) is 0 Å². The van der Waals surface area contributed by atoms with Gasteiger partial charge in [0.15, 0.2) is 16.1 Å². The Morgan fingerprint density at radius 3 is 2.70 bits per heavy atom. The maximum absolute atomic E-state index is 12.4. The number of allylic oxidation sites excluding steroid dienone is 1. The van der Waals surface area contributed by atoms with Crippen molar-refractivity contribution in [3.63, 3.8) is 0 Å². The van der Waals surface area contributed by atoms with E-state index in [-0.39, 0.29) is 30.0 Å². The first-order chi connectivity index (χ1) is 9.60. The molecule has 4 atom stereocenters. The summed E-state index contributed by atoms with van der Waals surface area (Å²) in [6.07, 6.45) is 4.48. The van der Waals surface area contributed by atoms with Gasteiger partial charge in [0.25, 0.3) is 0 Å². The molecule has 1 fully saturated rings. The van der Waals surface area contributed by atoms with Crippen LogP contribution in [0.5, 0.6) is 0 Å². The molecule has 0 saturated carbocycles. The van der Waals surface area contributed by atoms with Crippen molar-refractivity contribution >= 4 is 9.84 Å². The van der Waals surface area contributed by atoms with Gasteiger partial charge in [-0.2, -0.15) is 0 Å². The van der Waals surface area contributed by atoms with Crippen LogP contribution in [0, 0.1) is 11.8 Å². The minimum Gasteiger partial charge on any atom is -0.356 e. The molecule has 1 aromatic carbocycles. The highest BCUT2D eigenvalue weighted by Crippen LogP contribution is 2.40. The Morgan fingerprint density at radius 2 is 2.00 bits per heavy atom. The zero-order valence-corrected chi connectivity index (χ0v) is 12.1. The van der Waals surface area contributed by atoms with Crippen molar-refractivity contribution in [3.05, 3.63) is 42.5 Å². The van der Waals surface area contributed by atoms with Crippen LogP contribution < -0.4 is 0 Å². The molecule has 20 heavy (non-hydrogen) atoms. The Balaban J connectivity index is 1.74. The van der Waals surface area contributed by atoms with Crippen LogP contribution in [0.15, 0.2) is 47.4 Å². The molecule has 2 aliphatic rings. The number of hydrogen-bond acceptors (Lipinski definition) is 4. The lowest BCUT2D eigenvalue weighted by Gasteiger charge is -2.17. The molecule has 0 bridgehead atoms. The fourth-order valence-corrected chi connectivity index (χ4v) is 4.63. The Bertz CT molecular complexity index is 594. The van der Waals surface area contributed by atoms with E-state index in [1.807, 2.05) is 18.2 Å². The summed E-state index contributed by atoms with van der Waals surface area (Å²) >= 11 is 0. The van der Waals surface area contributed by atoms with Crippen LogP contribution in [0.4, 0.5) is 0 Å². The zero-order chi connectivity index (χ0) is 14.2. The second-order valence-corrected chi connectivity index (χ2v) is 7.34. The van der Waals surface area contributed by atoms with Gasteiger partial charge in [-0.05, 0) is 18.1 Å². The SMILES string of the molecule is COC1CC2C(CS(=O)(=O)c3ccccc3)C=CC2O1. The first-order valence-electron chi connectivity index (χ1n) is 6.74. The van der Waals surface area contributed by atoms with E-state index in [2.05, 4.69) is 0 Å². The van der Waals surface area contributed by atoms with Gasteiger partial charge >= 0.3 is 0 Å². The average Bonchev–Trinajstić information content (AvgIpc) is 3.01. The van der Waals surface area contributed by atoms with Gasteiger partial charge in [-0.1, -0.05) is 30.4 Å². The monoisotopic (exact) mass is 294 g/mol. The Labute approximate surface area is 119 Å². The third kappa shape index (κ3) is 2.53. The van der Waals surface area contributed by atoms with E-state index >= 15 is 0 Å². The third-order valence-electron chi connectivity index (χ3n) is 4.07. The van der Waals surface area contributed by atoms with Crippen molar-refractivity contribution in [1.82, 2.24) is 0 Å². The molecule has 1 aliphatic carbocycles. The molecule has 0 spiro atoms. The molecule has 3 rings (SSSR count). The summed E-state index contributed by atoms with van der Waals surface area (Å²) < 4.78 is 35.7. The van der Waals surface area contributed by atoms with Gasteiger partial charge < -0.3 is 9.47 Å². The van der Waals surface area contributed by atoms with Crippen molar-refractivity contribution in [1.29, 1.82) is 0 Å². The molecule has 1 aliphatic heterocycles. The maximum atomic E-state index is 12.4. The summed E-state index contributed by atoms with van der Waals surface area (Å²) in [5.74, 6) is 0.345. The van der Waals surface area contributed by atoms with Crippen molar-refractivity contribution in [2.45, 2.75) is 23.7 Å². The van der Waals surface area contributed by atoms with Gasteiger partial charge in [-0.15, -0.1) is 0 Å². The summed E-state index contributed by atoms with van der Waals surface area (Å²) in [6.45, 7) is 0. The van der Waals surface area contributed by atoms with Crippen molar-refractivity contribution in [3.8, 4) is 0 Å². The second kappa shape index (κ2) is 5.31. The average molecular weight is 294 g/mol. The fraction of sp³-hybridized carbons (Fsp3) is 0.467. The molecule has 1 heterocycles. The van der Waals surface area contributed by atoms with Crippen LogP contribution in [-0.2, 0) is 19.3 Å². The van der Waals surface area contributed by atoms with Crippen molar-refractivity contribution in [2.75, 3.05) is 12.9 Å². The minimum atomic E-state index is -3.25. The highest BCUT2D eigenvalue weighted by Gasteiger charge is 2.42. The van der Waals surface area contributed by atoms with E-state index < -0.39 is 9.84 Å². The van der Waals surface area contributed by atoms with Crippen LogP contribution in [0.1, 0.15) is 6.42 Å². The Morgan fingerprint density at radius 1 is 1.25 bits per heavy atom. The predicted molar refractivity (Wildman–Crippen MR) is 74.9 cm³/mol. The summed E-state index contributed by atoms with van der Waals surface area (Å²) in [5.41, 5.74) is 0. The summed E-state index contributed by atoms with van der Waals surface area (Å²) in [7, 11) is -1.64. The Hall–Kier alpha value is -1.17. The lowest BCUT2D eigenvalue weighted by molar-refractivity contribution is -0.104. The molecule has 0 amide bonds. The summed E-state index contributed by atoms with van der Waals surface area (Å²) in [6, 6.07) is 8.61. The molecule has 0 radical (unpaired) electrons. The van der Waals surface area contributed by atoms with Crippen LogP contribution in [0.25, 0.3) is 0 Å². The first kappa shape index (κ1) is 13.8.